The fraction of sp³-hybridized carbons (Fsp3) is 0.556. The number of methoxy groups -OCH3 is 1. The number of esters is 1. The van der Waals surface area contributed by atoms with Crippen molar-refractivity contribution in [1.29, 1.82) is 0 Å². The highest BCUT2D eigenvalue weighted by molar-refractivity contribution is 6.45. The number of rotatable bonds is 3. The molecule has 0 saturated carbocycles. The molecule has 1 aliphatic rings. The van der Waals surface area contributed by atoms with E-state index in [0.717, 1.165) is 7.11 Å². The molecule has 1 heterocycles. The van der Waals surface area contributed by atoms with E-state index in [1.165, 1.54) is 0 Å². The minimum absolute atomic E-state index is 0.340. The van der Waals surface area contributed by atoms with Crippen LogP contribution in [0.5, 0.6) is 0 Å². The smallest absolute Gasteiger partial charge is 0.332 e. The first-order valence-corrected chi connectivity index (χ1v) is 4.66. The summed E-state index contributed by atoms with van der Waals surface area (Å²) in [6.45, 7) is 3.29. The maximum absolute atomic E-state index is 11.4. The molecule has 16 heavy (non-hydrogen) atoms. The molecule has 0 spiro atoms. The summed E-state index contributed by atoms with van der Waals surface area (Å²) in [5.41, 5.74) is 0. The van der Waals surface area contributed by atoms with E-state index in [2.05, 4.69) is 4.74 Å². The van der Waals surface area contributed by atoms with E-state index in [0.29, 0.717) is 4.90 Å². The summed E-state index contributed by atoms with van der Waals surface area (Å²) in [5, 5.41) is 1.82. The van der Waals surface area contributed by atoms with Gasteiger partial charge in [0.05, 0.1) is 7.11 Å². The molecule has 1 atom stereocenters. The minimum Gasteiger partial charge on any atom is -0.467 e. The summed E-state index contributed by atoms with van der Waals surface area (Å²) in [6, 6.07) is -1.97. The van der Waals surface area contributed by atoms with Gasteiger partial charge >= 0.3 is 23.8 Å². The van der Waals surface area contributed by atoms with Crippen molar-refractivity contribution < 1.29 is 23.9 Å². The van der Waals surface area contributed by atoms with Crippen molar-refractivity contribution in [2.24, 2.45) is 5.92 Å². The van der Waals surface area contributed by atoms with E-state index in [9.17, 15) is 19.2 Å². The lowest BCUT2D eigenvalue weighted by Crippen LogP contribution is -2.49. The van der Waals surface area contributed by atoms with Gasteiger partial charge in [0.2, 0.25) is 0 Å². The van der Waals surface area contributed by atoms with Gasteiger partial charge in [0.15, 0.2) is 0 Å². The summed E-state index contributed by atoms with van der Waals surface area (Å²) < 4.78 is 4.49. The molecule has 0 radical (unpaired) electrons. The fourth-order valence-electron chi connectivity index (χ4n) is 1.46. The van der Waals surface area contributed by atoms with E-state index in [4.69, 9.17) is 0 Å². The summed E-state index contributed by atoms with van der Waals surface area (Å²) in [6.07, 6.45) is 0. The van der Waals surface area contributed by atoms with Crippen LogP contribution in [0.25, 0.3) is 0 Å². The lowest BCUT2D eigenvalue weighted by Gasteiger charge is -2.24. The fourth-order valence-corrected chi connectivity index (χ4v) is 1.46. The largest absolute Gasteiger partial charge is 0.467 e. The van der Waals surface area contributed by atoms with Crippen LogP contribution in [0.1, 0.15) is 13.8 Å². The van der Waals surface area contributed by atoms with Gasteiger partial charge in [-0.05, 0) is 5.92 Å². The first-order chi connectivity index (χ1) is 7.40. The molecule has 7 heteroatoms. The highest BCUT2D eigenvalue weighted by Gasteiger charge is 2.45. The van der Waals surface area contributed by atoms with Gasteiger partial charge < -0.3 is 4.74 Å². The maximum atomic E-state index is 11.4. The molecular weight excluding hydrogens is 216 g/mol. The van der Waals surface area contributed by atoms with E-state index in [1.54, 1.807) is 13.8 Å². The SMILES string of the molecule is COC(=O)C(C(C)C)N1C(=O)NC(=O)C1=O. The van der Waals surface area contributed by atoms with Gasteiger partial charge in [0.25, 0.3) is 0 Å². The molecule has 88 valence electrons. The predicted molar refractivity (Wildman–Crippen MR) is 51.0 cm³/mol. The number of nitrogens with one attached hydrogen (secondary N) is 1. The van der Waals surface area contributed by atoms with Crippen LogP contribution in [0.15, 0.2) is 0 Å². The molecule has 1 unspecified atom stereocenters. The Labute approximate surface area is 91.7 Å². The van der Waals surface area contributed by atoms with Crippen molar-refractivity contribution in [2.45, 2.75) is 19.9 Å². The first kappa shape index (κ1) is 12.2. The average molecular weight is 228 g/mol. The molecule has 1 fully saturated rings. The maximum Gasteiger partial charge on any atom is 0.332 e. The van der Waals surface area contributed by atoms with E-state index >= 15 is 0 Å². The number of nitrogens with zero attached hydrogens (tertiary/aromatic N) is 1. The lowest BCUT2D eigenvalue weighted by atomic mass is 10.0. The van der Waals surface area contributed by atoms with Gasteiger partial charge in [-0.15, -0.1) is 0 Å². The summed E-state index contributed by atoms with van der Waals surface area (Å²) in [5.74, 6) is -3.13. The summed E-state index contributed by atoms with van der Waals surface area (Å²) in [7, 11) is 1.15. The Kier molecular flexibility index (Phi) is 3.26. The molecule has 0 bridgehead atoms. The van der Waals surface area contributed by atoms with Crippen LogP contribution in [0.3, 0.4) is 0 Å². The molecule has 7 nitrogen and oxygen atoms in total. The van der Waals surface area contributed by atoms with E-state index < -0.39 is 29.9 Å². The van der Waals surface area contributed by atoms with Crippen LogP contribution in [0.2, 0.25) is 0 Å². The lowest BCUT2D eigenvalue weighted by molar-refractivity contribution is -0.152. The van der Waals surface area contributed by atoms with Crippen LogP contribution in [-0.4, -0.2) is 41.9 Å². The zero-order valence-corrected chi connectivity index (χ0v) is 9.14. The average Bonchev–Trinajstić information content (AvgIpc) is 2.44. The number of ether oxygens (including phenoxy) is 1. The monoisotopic (exact) mass is 228 g/mol. The number of imide groups is 2. The van der Waals surface area contributed by atoms with Crippen LogP contribution in [0, 0.1) is 5.92 Å². The summed E-state index contributed by atoms with van der Waals surface area (Å²) >= 11 is 0. The minimum atomic E-state index is -1.08. The van der Waals surface area contributed by atoms with Crippen LogP contribution < -0.4 is 5.32 Å². The van der Waals surface area contributed by atoms with Crippen molar-refractivity contribution in [1.82, 2.24) is 10.2 Å². The molecule has 1 rings (SSSR count). The second-order valence-electron chi connectivity index (χ2n) is 3.65. The van der Waals surface area contributed by atoms with Crippen molar-refractivity contribution >= 4 is 23.8 Å². The van der Waals surface area contributed by atoms with E-state index in [-0.39, 0.29) is 5.92 Å². The number of hydrogen-bond acceptors (Lipinski definition) is 5. The molecule has 0 aromatic heterocycles. The van der Waals surface area contributed by atoms with Crippen molar-refractivity contribution in [2.75, 3.05) is 7.11 Å². The zero-order valence-electron chi connectivity index (χ0n) is 9.14. The van der Waals surface area contributed by atoms with Gasteiger partial charge in [-0.1, -0.05) is 13.8 Å². The third-order valence-corrected chi connectivity index (χ3v) is 2.20. The van der Waals surface area contributed by atoms with Crippen molar-refractivity contribution in [3.05, 3.63) is 0 Å². The molecule has 1 N–H and O–H groups in total. The van der Waals surface area contributed by atoms with Crippen molar-refractivity contribution in [3.63, 3.8) is 0 Å². The number of amides is 4. The second kappa shape index (κ2) is 4.30. The Bertz CT molecular complexity index is 363. The first-order valence-electron chi connectivity index (χ1n) is 4.66. The Morgan fingerprint density at radius 2 is 1.88 bits per heavy atom. The molecule has 1 saturated heterocycles. The Balaban J connectivity index is 3.04. The number of urea groups is 1. The Morgan fingerprint density at radius 1 is 1.31 bits per heavy atom. The molecule has 1 aliphatic heterocycles. The molecular formula is C9H12N2O5. The van der Waals surface area contributed by atoms with Crippen LogP contribution in [-0.2, 0) is 19.1 Å². The molecule has 0 aromatic rings. The van der Waals surface area contributed by atoms with Crippen molar-refractivity contribution in [3.8, 4) is 0 Å². The third-order valence-electron chi connectivity index (χ3n) is 2.20. The van der Waals surface area contributed by atoms with Gasteiger partial charge in [-0.3, -0.25) is 14.9 Å². The van der Waals surface area contributed by atoms with Crippen LogP contribution >= 0.6 is 0 Å². The highest BCUT2D eigenvalue weighted by Crippen LogP contribution is 2.16. The van der Waals surface area contributed by atoms with Crippen LogP contribution in [0.4, 0.5) is 4.79 Å². The molecule has 4 amide bonds. The topological polar surface area (TPSA) is 92.8 Å². The number of carbonyl (C=O) groups is 4. The van der Waals surface area contributed by atoms with E-state index in [1.807, 2.05) is 5.32 Å². The predicted octanol–water partition coefficient (Wildman–Crippen LogP) is -0.738. The molecule has 0 aromatic carbocycles. The van der Waals surface area contributed by atoms with Gasteiger partial charge in [0, 0.05) is 0 Å². The standard InChI is InChI=1S/C9H12N2O5/c1-4(2)5(8(14)16-3)11-7(13)6(12)10-9(11)15/h4-5H,1-3H3,(H,10,12,15). The Morgan fingerprint density at radius 3 is 2.19 bits per heavy atom. The van der Waals surface area contributed by atoms with Gasteiger partial charge in [-0.2, -0.15) is 0 Å². The second-order valence-corrected chi connectivity index (χ2v) is 3.65. The third kappa shape index (κ3) is 1.88. The van der Waals surface area contributed by atoms with Gasteiger partial charge in [0.1, 0.15) is 6.04 Å². The zero-order chi connectivity index (χ0) is 12.5. The molecule has 0 aliphatic carbocycles. The van der Waals surface area contributed by atoms with Gasteiger partial charge in [-0.25, -0.2) is 14.5 Å². The normalized spacial score (nSPS) is 17.8. The quantitative estimate of drug-likeness (QED) is 0.390. The number of hydrogen-bond donors (Lipinski definition) is 1. The highest BCUT2D eigenvalue weighted by atomic mass is 16.5. The summed E-state index contributed by atoms with van der Waals surface area (Å²) in [4.78, 5) is 45.7. The Hall–Kier alpha value is -1.92. The number of carbonyl (C=O) groups excluding carboxylic acids is 4.